The monoisotopic (exact) mass is 269 g/mol. The third-order valence-corrected chi connectivity index (χ3v) is 3.09. The molecule has 5 heteroatoms. The molecule has 2 rings (SSSR count). The fourth-order valence-corrected chi connectivity index (χ4v) is 1.82. The molecule has 0 aliphatic heterocycles. The molecule has 1 atom stereocenters. The molecule has 1 saturated carbocycles. The Hall–Kier alpha value is -1.65. The Morgan fingerprint density at radius 1 is 1.53 bits per heavy atom. The molecule has 1 aliphatic rings. The lowest BCUT2D eigenvalue weighted by Crippen LogP contribution is -2.22. The van der Waals surface area contributed by atoms with Crippen LogP contribution in [0.15, 0.2) is 24.3 Å². The molecule has 1 unspecified atom stereocenters. The number of hydrogen-bond donors (Lipinski definition) is 1. The van der Waals surface area contributed by atoms with Gasteiger partial charge in [-0.25, -0.2) is 8.78 Å². The van der Waals surface area contributed by atoms with Gasteiger partial charge in [0.2, 0.25) is 5.91 Å². The van der Waals surface area contributed by atoms with E-state index in [1.807, 2.05) is 18.2 Å². The van der Waals surface area contributed by atoms with Gasteiger partial charge in [-0.05, 0) is 24.1 Å². The number of hydrogen-bond acceptors (Lipinski definition) is 2. The smallest absolute Gasteiger partial charge is 0.255 e. The predicted octanol–water partition coefficient (Wildman–Crippen LogP) is 2.40. The van der Waals surface area contributed by atoms with E-state index in [0.29, 0.717) is 18.7 Å². The van der Waals surface area contributed by atoms with E-state index in [1.54, 1.807) is 6.07 Å². The Bertz CT molecular complexity index is 463. The van der Waals surface area contributed by atoms with Crippen molar-refractivity contribution in [1.82, 2.24) is 5.32 Å². The molecule has 1 N–H and O–H groups in total. The third-order valence-electron chi connectivity index (χ3n) is 3.09. The van der Waals surface area contributed by atoms with Crippen molar-refractivity contribution >= 4 is 5.91 Å². The molecule has 0 aromatic heterocycles. The fraction of sp³-hybridized carbons (Fsp3) is 0.500. The average Bonchev–Trinajstić information content (AvgIpc) is 2.95. The Balaban J connectivity index is 1.80. The second-order valence-corrected chi connectivity index (χ2v) is 4.85. The molecule has 3 nitrogen and oxygen atoms in total. The number of carbonyl (C=O) groups is 1. The van der Waals surface area contributed by atoms with Crippen LogP contribution in [0, 0.1) is 5.92 Å². The van der Waals surface area contributed by atoms with Gasteiger partial charge < -0.3 is 10.1 Å². The number of halogens is 2. The lowest BCUT2D eigenvalue weighted by atomic mass is 10.1. The van der Waals surface area contributed by atoms with E-state index in [-0.39, 0.29) is 18.9 Å². The van der Waals surface area contributed by atoms with Gasteiger partial charge in [0.25, 0.3) is 5.92 Å². The molecule has 104 valence electrons. The maximum absolute atomic E-state index is 12.7. The van der Waals surface area contributed by atoms with Crippen molar-refractivity contribution in [2.75, 3.05) is 13.2 Å². The molecule has 1 amide bonds. The minimum Gasteiger partial charge on any atom is -0.493 e. The minimum atomic E-state index is -2.54. The van der Waals surface area contributed by atoms with E-state index in [2.05, 4.69) is 5.32 Å². The van der Waals surface area contributed by atoms with Crippen LogP contribution >= 0.6 is 0 Å². The number of ether oxygens (including phenoxy) is 1. The third kappa shape index (κ3) is 4.19. The molecule has 0 saturated heterocycles. The summed E-state index contributed by atoms with van der Waals surface area (Å²) in [5.41, 5.74) is 1.01. The van der Waals surface area contributed by atoms with Crippen LogP contribution in [0.2, 0.25) is 0 Å². The molecular weight excluding hydrogens is 252 g/mol. The van der Waals surface area contributed by atoms with E-state index >= 15 is 0 Å². The van der Waals surface area contributed by atoms with E-state index in [9.17, 15) is 13.6 Å². The van der Waals surface area contributed by atoms with Crippen molar-refractivity contribution in [2.24, 2.45) is 5.92 Å². The van der Waals surface area contributed by atoms with Gasteiger partial charge in [-0.2, -0.15) is 0 Å². The SMILES string of the molecule is CC(=O)NCCc1cccc(OCC2CC2(F)F)c1. The number of benzene rings is 1. The number of amides is 1. The first kappa shape index (κ1) is 13.8. The highest BCUT2D eigenvalue weighted by molar-refractivity contribution is 5.72. The van der Waals surface area contributed by atoms with Crippen LogP contribution in [0.3, 0.4) is 0 Å². The van der Waals surface area contributed by atoms with E-state index in [4.69, 9.17) is 4.74 Å². The van der Waals surface area contributed by atoms with Crippen LogP contribution in [0.1, 0.15) is 18.9 Å². The van der Waals surface area contributed by atoms with Crippen molar-refractivity contribution in [1.29, 1.82) is 0 Å². The Labute approximate surface area is 111 Å². The number of carbonyl (C=O) groups excluding carboxylic acids is 1. The fourth-order valence-electron chi connectivity index (χ4n) is 1.82. The summed E-state index contributed by atoms with van der Waals surface area (Å²) in [6, 6.07) is 7.31. The minimum absolute atomic E-state index is 0.0577. The van der Waals surface area contributed by atoms with Gasteiger partial charge in [0, 0.05) is 19.9 Å². The van der Waals surface area contributed by atoms with E-state index in [1.165, 1.54) is 6.92 Å². The molecule has 19 heavy (non-hydrogen) atoms. The van der Waals surface area contributed by atoms with E-state index in [0.717, 1.165) is 5.56 Å². The second-order valence-electron chi connectivity index (χ2n) is 4.85. The van der Waals surface area contributed by atoms with Gasteiger partial charge in [-0.1, -0.05) is 12.1 Å². The Morgan fingerprint density at radius 2 is 2.26 bits per heavy atom. The summed E-state index contributed by atoms with van der Waals surface area (Å²) < 4.78 is 30.8. The van der Waals surface area contributed by atoms with Crippen LogP contribution < -0.4 is 10.1 Å². The zero-order valence-corrected chi connectivity index (χ0v) is 10.8. The first-order valence-electron chi connectivity index (χ1n) is 6.31. The van der Waals surface area contributed by atoms with Crippen LogP contribution in [-0.4, -0.2) is 25.0 Å². The predicted molar refractivity (Wildman–Crippen MR) is 67.4 cm³/mol. The average molecular weight is 269 g/mol. The Kier molecular flexibility index (Phi) is 4.02. The van der Waals surface area contributed by atoms with Crippen molar-refractivity contribution in [3.63, 3.8) is 0 Å². The number of alkyl halides is 2. The lowest BCUT2D eigenvalue weighted by molar-refractivity contribution is -0.118. The first-order valence-corrected chi connectivity index (χ1v) is 6.31. The normalized spacial score (nSPS) is 19.8. The molecule has 1 aromatic carbocycles. The van der Waals surface area contributed by atoms with Gasteiger partial charge in [0.1, 0.15) is 5.75 Å². The lowest BCUT2D eigenvalue weighted by Gasteiger charge is -2.08. The van der Waals surface area contributed by atoms with Crippen molar-refractivity contribution in [2.45, 2.75) is 25.7 Å². The highest BCUT2D eigenvalue weighted by Gasteiger charge is 2.57. The molecule has 1 aromatic rings. The Morgan fingerprint density at radius 3 is 2.89 bits per heavy atom. The summed E-state index contributed by atoms with van der Waals surface area (Å²) in [4.78, 5) is 10.7. The largest absolute Gasteiger partial charge is 0.493 e. The van der Waals surface area contributed by atoms with Gasteiger partial charge in [-0.3, -0.25) is 4.79 Å². The first-order chi connectivity index (χ1) is 8.97. The summed E-state index contributed by atoms with van der Waals surface area (Å²) in [5, 5.41) is 2.71. The maximum Gasteiger partial charge on any atom is 0.255 e. The molecular formula is C14H17F2NO2. The quantitative estimate of drug-likeness (QED) is 0.861. The zero-order chi connectivity index (χ0) is 13.9. The van der Waals surface area contributed by atoms with Crippen LogP contribution in [-0.2, 0) is 11.2 Å². The van der Waals surface area contributed by atoms with Gasteiger partial charge in [-0.15, -0.1) is 0 Å². The summed E-state index contributed by atoms with van der Waals surface area (Å²) in [5.74, 6) is -2.65. The summed E-state index contributed by atoms with van der Waals surface area (Å²) >= 11 is 0. The summed E-state index contributed by atoms with van der Waals surface area (Å²) in [6.07, 6.45) is 0.617. The van der Waals surface area contributed by atoms with Gasteiger partial charge in [0.15, 0.2) is 0 Å². The van der Waals surface area contributed by atoms with Crippen LogP contribution in [0.5, 0.6) is 5.75 Å². The molecule has 0 heterocycles. The molecule has 1 aliphatic carbocycles. The van der Waals surface area contributed by atoms with Crippen LogP contribution in [0.25, 0.3) is 0 Å². The molecule has 0 radical (unpaired) electrons. The van der Waals surface area contributed by atoms with Gasteiger partial charge >= 0.3 is 0 Å². The van der Waals surface area contributed by atoms with Crippen LogP contribution in [0.4, 0.5) is 8.78 Å². The second kappa shape index (κ2) is 5.55. The van der Waals surface area contributed by atoms with Crippen molar-refractivity contribution in [3.05, 3.63) is 29.8 Å². The standard InChI is InChI=1S/C14H17F2NO2/c1-10(18)17-6-5-11-3-2-4-13(7-11)19-9-12-8-14(12,15)16/h2-4,7,12H,5-6,8-9H2,1H3,(H,17,18). The highest BCUT2D eigenvalue weighted by Crippen LogP contribution is 2.48. The van der Waals surface area contributed by atoms with Crippen molar-refractivity contribution in [3.8, 4) is 5.75 Å². The van der Waals surface area contributed by atoms with Gasteiger partial charge in [0.05, 0.1) is 12.5 Å². The molecule has 1 fully saturated rings. The van der Waals surface area contributed by atoms with E-state index < -0.39 is 11.8 Å². The number of rotatable bonds is 6. The topological polar surface area (TPSA) is 38.3 Å². The maximum atomic E-state index is 12.7. The van der Waals surface area contributed by atoms with Crippen molar-refractivity contribution < 1.29 is 18.3 Å². The number of nitrogens with one attached hydrogen (secondary N) is 1. The molecule has 0 bridgehead atoms. The zero-order valence-electron chi connectivity index (χ0n) is 10.8. The summed E-state index contributed by atoms with van der Waals surface area (Å²) in [6.45, 7) is 2.08. The molecule has 0 spiro atoms. The summed E-state index contributed by atoms with van der Waals surface area (Å²) in [7, 11) is 0. The highest BCUT2D eigenvalue weighted by atomic mass is 19.3.